The normalized spacial score (nSPS) is 14.4. The number of halogens is 2. The second kappa shape index (κ2) is 6.76. The number of nitrogens with zero attached hydrogens (tertiary/aromatic N) is 2. The van der Waals surface area contributed by atoms with Crippen molar-refractivity contribution in [2.45, 2.75) is 4.90 Å². The Morgan fingerprint density at radius 1 is 1.17 bits per heavy atom. The molecule has 2 aromatic carbocycles. The van der Waals surface area contributed by atoms with E-state index in [-0.39, 0.29) is 0 Å². The molecule has 3 aromatic rings. The fourth-order valence-electron chi connectivity index (χ4n) is 2.37. The predicted octanol–water partition coefficient (Wildman–Crippen LogP) is 6.10. The Morgan fingerprint density at radius 2 is 2.04 bits per heavy atom. The number of hydrogen-bond acceptors (Lipinski definition) is 5. The second-order valence-electron chi connectivity index (χ2n) is 5.13. The average Bonchev–Trinajstić information content (AvgIpc) is 3.00. The molecule has 2 heterocycles. The summed E-state index contributed by atoms with van der Waals surface area (Å²) in [4.78, 5) is 5.62. The molecule has 0 radical (unpaired) electrons. The van der Waals surface area contributed by atoms with Gasteiger partial charge in [-0.3, -0.25) is 5.43 Å². The molecule has 0 saturated carbocycles. The zero-order chi connectivity index (χ0) is 16.5. The number of nitrogens with one attached hydrogen (secondary N) is 1. The Kier molecular flexibility index (Phi) is 4.50. The Labute approximate surface area is 157 Å². The van der Waals surface area contributed by atoms with Gasteiger partial charge in [0.05, 0.1) is 21.5 Å². The van der Waals surface area contributed by atoms with E-state index in [2.05, 4.69) is 15.5 Å². The molecule has 3 nitrogen and oxygen atoms in total. The fraction of sp³-hybridized carbons (Fsp3) is 0.0588. The van der Waals surface area contributed by atoms with Gasteiger partial charge in [-0.1, -0.05) is 46.7 Å². The number of thioether (sulfide) groups is 1. The van der Waals surface area contributed by atoms with Gasteiger partial charge in [0.25, 0.3) is 0 Å². The van der Waals surface area contributed by atoms with Gasteiger partial charge in [-0.05, 0) is 30.3 Å². The Hall–Kier alpha value is -1.53. The third-order valence-electron chi connectivity index (χ3n) is 3.52. The van der Waals surface area contributed by atoms with Gasteiger partial charge in [0.2, 0.25) is 5.13 Å². The number of rotatable bonds is 3. The SMILES string of the molecule is ClC1=C(/C=N\Nc2nc3ccccc3s2)CSc2ccc(Cl)cc21. The van der Waals surface area contributed by atoms with Crippen molar-refractivity contribution in [3.8, 4) is 0 Å². The molecule has 0 amide bonds. The molecule has 0 fully saturated rings. The molecular formula is C17H11Cl2N3S2. The molecule has 1 aliphatic rings. The van der Waals surface area contributed by atoms with Gasteiger partial charge >= 0.3 is 0 Å². The summed E-state index contributed by atoms with van der Waals surface area (Å²) in [5.41, 5.74) is 5.88. The van der Waals surface area contributed by atoms with E-state index < -0.39 is 0 Å². The highest BCUT2D eigenvalue weighted by Gasteiger charge is 2.17. The maximum Gasteiger partial charge on any atom is 0.204 e. The van der Waals surface area contributed by atoms with Crippen LogP contribution < -0.4 is 5.43 Å². The van der Waals surface area contributed by atoms with Crippen LogP contribution in [0.4, 0.5) is 5.13 Å². The van der Waals surface area contributed by atoms with Crippen LogP contribution in [0.5, 0.6) is 0 Å². The molecule has 120 valence electrons. The van der Waals surface area contributed by atoms with Crippen molar-refractivity contribution < 1.29 is 0 Å². The highest BCUT2D eigenvalue weighted by molar-refractivity contribution is 7.99. The maximum atomic E-state index is 6.51. The van der Waals surface area contributed by atoms with E-state index in [0.717, 1.165) is 37.1 Å². The Morgan fingerprint density at radius 3 is 2.92 bits per heavy atom. The molecule has 1 aliphatic heterocycles. The summed E-state index contributed by atoms with van der Waals surface area (Å²) < 4.78 is 1.13. The Bertz CT molecular complexity index is 946. The van der Waals surface area contributed by atoms with Crippen LogP contribution in [0.3, 0.4) is 0 Å². The number of hydrazone groups is 1. The number of anilines is 1. The van der Waals surface area contributed by atoms with Crippen LogP contribution in [0.2, 0.25) is 5.02 Å². The molecule has 1 N–H and O–H groups in total. The van der Waals surface area contributed by atoms with Crippen LogP contribution in [0, 0.1) is 0 Å². The molecule has 0 saturated heterocycles. The van der Waals surface area contributed by atoms with Crippen molar-refractivity contribution in [3.05, 3.63) is 58.6 Å². The monoisotopic (exact) mass is 391 g/mol. The van der Waals surface area contributed by atoms with Gasteiger partial charge in [-0.15, -0.1) is 11.8 Å². The van der Waals surface area contributed by atoms with E-state index >= 15 is 0 Å². The van der Waals surface area contributed by atoms with Gasteiger partial charge < -0.3 is 0 Å². The highest BCUT2D eigenvalue weighted by atomic mass is 35.5. The summed E-state index contributed by atoms with van der Waals surface area (Å²) in [5, 5.41) is 6.43. The van der Waals surface area contributed by atoms with Crippen molar-refractivity contribution in [1.82, 2.24) is 4.98 Å². The molecule has 7 heteroatoms. The van der Waals surface area contributed by atoms with Crippen molar-refractivity contribution in [2.75, 3.05) is 11.2 Å². The zero-order valence-corrected chi connectivity index (χ0v) is 15.4. The lowest BCUT2D eigenvalue weighted by Gasteiger charge is -2.17. The smallest absolute Gasteiger partial charge is 0.204 e. The van der Waals surface area contributed by atoms with Gasteiger partial charge in [-0.2, -0.15) is 5.10 Å². The molecule has 0 atom stereocenters. The van der Waals surface area contributed by atoms with Crippen molar-refractivity contribution >= 4 is 72.9 Å². The van der Waals surface area contributed by atoms with Crippen LogP contribution >= 0.6 is 46.3 Å². The van der Waals surface area contributed by atoms with E-state index in [9.17, 15) is 0 Å². The van der Waals surface area contributed by atoms with Crippen LogP contribution in [0.15, 0.2) is 58.0 Å². The fourth-order valence-corrected chi connectivity index (χ4v) is 4.78. The quantitative estimate of drug-likeness (QED) is 0.432. The number of aromatic nitrogens is 1. The average molecular weight is 392 g/mol. The first-order chi connectivity index (χ1) is 11.7. The zero-order valence-electron chi connectivity index (χ0n) is 12.3. The lowest BCUT2D eigenvalue weighted by atomic mass is 10.1. The lowest BCUT2D eigenvalue weighted by molar-refractivity contribution is 1.30. The number of para-hydroxylation sites is 1. The van der Waals surface area contributed by atoms with Gasteiger partial charge in [0.1, 0.15) is 0 Å². The van der Waals surface area contributed by atoms with E-state index in [1.165, 1.54) is 0 Å². The van der Waals surface area contributed by atoms with Crippen molar-refractivity contribution in [2.24, 2.45) is 5.10 Å². The van der Waals surface area contributed by atoms with Crippen LogP contribution in [0.25, 0.3) is 15.2 Å². The minimum Gasteiger partial charge on any atom is -0.253 e. The first-order valence-electron chi connectivity index (χ1n) is 7.17. The largest absolute Gasteiger partial charge is 0.253 e. The molecule has 1 aromatic heterocycles. The minimum atomic E-state index is 0.679. The molecular weight excluding hydrogens is 381 g/mol. The van der Waals surface area contributed by atoms with E-state index in [1.54, 1.807) is 29.3 Å². The minimum absolute atomic E-state index is 0.679. The summed E-state index contributed by atoms with van der Waals surface area (Å²) in [6, 6.07) is 13.8. The molecule has 4 rings (SSSR count). The topological polar surface area (TPSA) is 37.3 Å². The van der Waals surface area contributed by atoms with Gasteiger partial charge in [0, 0.05) is 26.8 Å². The van der Waals surface area contributed by atoms with Crippen molar-refractivity contribution in [1.29, 1.82) is 0 Å². The third kappa shape index (κ3) is 3.17. The van der Waals surface area contributed by atoms with E-state index in [4.69, 9.17) is 23.2 Å². The summed E-state index contributed by atoms with van der Waals surface area (Å²) in [5.74, 6) is 0.776. The number of hydrogen-bond donors (Lipinski definition) is 1. The summed E-state index contributed by atoms with van der Waals surface area (Å²) in [6.45, 7) is 0. The van der Waals surface area contributed by atoms with Crippen LogP contribution in [-0.2, 0) is 0 Å². The summed E-state index contributed by atoms with van der Waals surface area (Å²) >= 11 is 15.9. The molecule has 0 spiro atoms. The summed E-state index contributed by atoms with van der Waals surface area (Å²) in [7, 11) is 0. The molecule has 0 aliphatic carbocycles. The number of thiazole rings is 1. The molecule has 24 heavy (non-hydrogen) atoms. The number of benzene rings is 2. The molecule has 0 unspecified atom stereocenters. The molecule has 0 bridgehead atoms. The first-order valence-corrected chi connectivity index (χ1v) is 9.72. The standard InChI is InChI=1S/C17H11Cl2N3S2/c18-11-5-6-14-12(7-11)16(19)10(9-23-14)8-20-22-17-21-13-3-1-2-4-15(13)24-17/h1-8H,9H2,(H,21,22)/b20-8-. The van der Waals surface area contributed by atoms with Gasteiger partial charge in [-0.25, -0.2) is 4.98 Å². The first kappa shape index (κ1) is 16.0. The van der Waals surface area contributed by atoms with Crippen LogP contribution in [0.1, 0.15) is 5.56 Å². The van der Waals surface area contributed by atoms with Crippen molar-refractivity contribution in [3.63, 3.8) is 0 Å². The van der Waals surface area contributed by atoms with E-state index in [1.807, 2.05) is 42.5 Å². The lowest BCUT2D eigenvalue weighted by Crippen LogP contribution is -2.02. The third-order valence-corrected chi connectivity index (χ3v) is 6.26. The Balaban J connectivity index is 1.56. The van der Waals surface area contributed by atoms with Gasteiger partial charge in [0.15, 0.2) is 0 Å². The van der Waals surface area contributed by atoms with Crippen LogP contribution in [-0.4, -0.2) is 17.0 Å². The second-order valence-corrected chi connectivity index (χ2v) is 7.99. The van der Waals surface area contributed by atoms with E-state index in [0.29, 0.717) is 10.1 Å². The maximum absolute atomic E-state index is 6.51. The number of fused-ring (bicyclic) bond motifs is 2. The predicted molar refractivity (Wildman–Crippen MR) is 107 cm³/mol. The summed E-state index contributed by atoms with van der Waals surface area (Å²) in [6.07, 6.45) is 1.76. The highest BCUT2D eigenvalue weighted by Crippen LogP contribution is 2.39.